The van der Waals surface area contributed by atoms with Crippen molar-refractivity contribution in [3.05, 3.63) is 49.1 Å². The van der Waals surface area contributed by atoms with Crippen LogP contribution in [-0.4, -0.2) is 16.2 Å². The number of halogens is 2. The predicted octanol–water partition coefficient (Wildman–Crippen LogP) is 4.02. The first-order valence-electron chi connectivity index (χ1n) is 5.62. The third-order valence-electron chi connectivity index (χ3n) is 2.50. The zero-order valence-electron chi connectivity index (χ0n) is 10.1. The van der Waals surface area contributed by atoms with E-state index in [-0.39, 0.29) is 12.2 Å². The molecule has 2 aromatic carbocycles. The fourth-order valence-electron chi connectivity index (χ4n) is 1.59. The van der Waals surface area contributed by atoms with Crippen LogP contribution < -0.4 is 4.74 Å². The summed E-state index contributed by atoms with van der Waals surface area (Å²) in [5, 5.41) is 18.4. The molecule has 0 bridgehead atoms. The summed E-state index contributed by atoms with van der Waals surface area (Å²) in [7, 11) is 0. The Morgan fingerprint density at radius 1 is 1.05 bits per heavy atom. The van der Waals surface area contributed by atoms with Gasteiger partial charge in [-0.25, -0.2) is 0 Å². The van der Waals surface area contributed by atoms with Gasteiger partial charge in [-0.1, -0.05) is 12.1 Å². The van der Waals surface area contributed by atoms with E-state index in [4.69, 9.17) is 9.84 Å². The molecule has 2 N–H and O–H groups in total. The number of carboxylic acids is 1. The van der Waals surface area contributed by atoms with E-state index in [2.05, 4.69) is 0 Å². The van der Waals surface area contributed by atoms with Crippen molar-refractivity contribution < 1.29 is 19.7 Å². The van der Waals surface area contributed by atoms with Gasteiger partial charge in [-0.3, -0.25) is 4.79 Å². The molecule has 0 atom stereocenters. The molecule has 0 radical (unpaired) electrons. The first-order chi connectivity index (χ1) is 9.45. The van der Waals surface area contributed by atoms with E-state index in [0.717, 1.165) is 5.56 Å². The molecule has 6 heteroatoms. The smallest absolute Gasteiger partial charge is 0.307 e. The predicted molar refractivity (Wildman–Crippen MR) is 91.4 cm³/mol. The lowest BCUT2D eigenvalue weighted by molar-refractivity contribution is -0.136. The van der Waals surface area contributed by atoms with Crippen LogP contribution in [0.2, 0.25) is 0 Å². The Bertz CT molecular complexity index is 615. The number of aromatic hydroxyl groups is 1. The summed E-state index contributed by atoms with van der Waals surface area (Å²) in [6, 6.07) is 10.4. The largest absolute Gasteiger partial charge is 0.506 e. The molecule has 0 fully saturated rings. The molecular weight excluding hydrogens is 486 g/mol. The van der Waals surface area contributed by atoms with Gasteiger partial charge < -0.3 is 14.9 Å². The minimum atomic E-state index is -0.860. The molecular formula is C14H10I2O4. The maximum absolute atomic E-state index is 10.6. The zero-order valence-corrected chi connectivity index (χ0v) is 14.5. The lowest BCUT2D eigenvalue weighted by Crippen LogP contribution is -1.99. The second-order valence-electron chi connectivity index (χ2n) is 4.05. The van der Waals surface area contributed by atoms with Crippen LogP contribution in [0.1, 0.15) is 5.56 Å². The number of rotatable bonds is 4. The first-order valence-corrected chi connectivity index (χ1v) is 7.78. The van der Waals surface area contributed by atoms with Gasteiger partial charge in [-0.15, -0.1) is 0 Å². The van der Waals surface area contributed by atoms with Crippen LogP contribution in [0, 0.1) is 7.14 Å². The summed E-state index contributed by atoms with van der Waals surface area (Å²) >= 11 is 4.07. The minimum Gasteiger partial charge on any atom is -0.506 e. The summed E-state index contributed by atoms with van der Waals surface area (Å²) in [5.74, 6) is 0.635. The number of carbonyl (C=O) groups is 1. The molecule has 0 amide bonds. The van der Waals surface area contributed by atoms with Gasteiger partial charge >= 0.3 is 5.97 Å². The fraction of sp³-hybridized carbons (Fsp3) is 0.0714. The highest BCUT2D eigenvalue weighted by Crippen LogP contribution is 2.32. The topological polar surface area (TPSA) is 66.8 Å². The maximum atomic E-state index is 10.6. The molecule has 0 saturated heterocycles. The van der Waals surface area contributed by atoms with Crippen molar-refractivity contribution in [3.8, 4) is 17.2 Å². The lowest BCUT2D eigenvalue weighted by Gasteiger charge is -2.09. The molecule has 0 aliphatic rings. The van der Waals surface area contributed by atoms with Crippen LogP contribution in [0.15, 0.2) is 36.4 Å². The average Bonchev–Trinajstić information content (AvgIpc) is 2.37. The second kappa shape index (κ2) is 6.61. The van der Waals surface area contributed by atoms with Crippen molar-refractivity contribution in [2.45, 2.75) is 6.42 Å². The Balaban J connectivity index is 2.16. The van der Waals surface area contributed by atoms with Crippen molar-refractivity contribution in [1.29, 1.82) is 0 Å². The van der Waals surface area contributed by atoms with Crippen LogP contribution in [-0.2, 0) is 11.2 Å². The highest BCUT2D eigenvalue weighted by atomic mass is 127. The fourth-order valence-corrected chi connectivity index (χ4v) is 3.30. The van der Waals surface area contributed by atoms with Crippen LogP contribution in [0.3, 0.4) is 0 Å². The van der Waals surface area contributed by atoms with E-state index >= 15 is 0 Å². The Hall–Kier alpha value is -1.03. The molecule has 2 aromatic rings. The van der Waals surface area contributed by atoms with Crippen molar-refractivity contribution in [3.63, 3.8) is 0 Å². The highest BCUT2D eigenvalue weighted by molar-refractivity contribution is 14.1. The Kier molecular flexibility index (Phi) is 5.08. The highest BCUT2D eigenvalue weighted by Gasteiger charge is 2.07. The normalized spacial score (nSPS) is 10.3. The van der Waals surface area contributed by atoms with E-state index in [1.807, 2.05) is 45.2 Å². The summed E-state index contributed by atoms with van der Waals surface area (Å²) in [4.78, 5) is 10.6. The number of carboxylic acid groups (broad SMARTS) is 1. The van der Waals surface area contributed by atoms with E-state index in [9.17, 15) is 9.90 Å². The molecule has 0 aromatic heterocycles. The summed E-state index contributed by atoms with van der Waals surface area (Å²) in [6.45, 7) is 0. The first kappa shape index (κ1) is 15.4. The SMILES string of the molecule is O=C(O)Cc1ccc(Oc2cc(I)c(O)c(I)c2)cc1. The number of phenolic OH excluding ortho intramolecular Hbond substituents is 1. The monoisotopic (exact) mass is 496 g/mol. The van der Waals surface area contributed by atoms with E-state index in [1.54, 1.807) is 36.4 Å². The number of benzene rings is 2. The molecule has 2 rings (SSSR count). The molecule has 104 valence electrons. The summed E-state index contributed by atoms with van der Waals surface area (Å²) in [6.07, 6.45) is -0.00468. The number of aliphatic carboxylic acids is 1. The van der Waals surface area contributed by atoms with E-state index in [1.165, 1.54) is 0 Å². The number of hydrogen-bond acceptors (Lipinski definition) is 3. The van der Waals surface area contributed by atoms with Gasteiger partial charge in [0.05, 0.1) is 13.6 Å². The van der Waals surface area contributed by atoms with Gasteiger partial charge in [0.2, 0.25) is 0 Å². The molecule has 0 aliphatic heterocycles. The zero-order chi connectivity index (χ0) is 14.7. The van der Waals surface area contributed by atoms with Crippen LogP contribution >= 0.6 is 45.2 Å². The molecule has 0 spiro atoms. The minimum absolute atomic E-state index is 0.00468. The van der Waals surface area contributed by atoms with Crippen LogP contribution in [0.4, 0.5) is 0 Å². The van der Waals surface area contributed by atoms with Gasteiger partial charge in [-0.05, 0) is 75.0 Å². The van der Waals surface area contributed by atoms with E-state index < -0.39 is 5.97 Å². The van der Waals surface area contributed by atoms with Crippen LogP contribution in [0.5, 0.6) is 17.2 Å². The molecule has 0 aliphatic carbocycles. The van der Waals surface area contributed by atoms with Crippen molar-refractivity contribution in [1.82, 2.24) is 0 Å². The Morgan fingerprint density at radius 3 is 2.10 bits per heavy atom. The lowest BCUT2D eigenvalue weighted by atomic mass is 10.1. The van der Waals surface area contributed by atoms with Crippen molar-refractivity contribution in [2.75, 3.05) is 0 Å². The van der Waals surface area contributed by atoms with Crippen molar-refractivity contribution >= 4 is 51.2 Å². The Morgan fingerprint density at radius 2 is 1.60 bits per heavy atom. The average molecular weight is 496 g/mol. The number of ether oxygens (including phenoxy) is 1. The van der Waals surface area contributed by atoms with Gasteiger partial charge in [0, 0.05) is 0 Å². The van der Waals surface area contributed by atoms with Gasteiger partial charge in [0.1, 0.15) is 17.2 Å². The molecule has 20 heavy (non-hydrogen) atoms. The van der Waals surface area contributed by atoms with Crippen LogP contribution in [0.25, 0.3) is 0 Å². The number of hydrogen-bond donors (Lipinski definition) is 2. The molecule has 0 saturated carbocycles. The molecule has 0 unspecified atom stereocenters. The summed E-state index contributed by atoms with van der Waals surface area (Å²) < 4.78 is 7.12. The Labute approximate surface area is 143 Å². The van der Waals surface area contributed by atoms with Gasteiger partial charge in [0.25, 0.3) is 0 Å². The molecule has 4 nitrogen and oxygen atoms in total. The maximum Gasteiger partial charge on any atom is 0.307 e. The number of phenols is 1. The molecule has 0 heterocycles. The standard InChI is InChI=1S/C14H10I2O4/c15-11-6-10(7-12(16)14(11)19)20-9-3-1-8(2-4-9)5-13(17)18/h1-4,6-7,19H,5H2,(H,17,18). The summed E-state index contributed by atoms with van der Waals surface area (Å²) in [5.41, 5.74) is 0.722. The van der Waals surface area contributed by atoms with Gasteiger partial charge in [-0.2, -0.15) is 0 Å². The van der Waals surface area contributed by atoms with Gasteiger partial charge in [0.15, 0.2) is 0 Å². The quantitative estimate of drug-likeness (QED) is 0.629. The third kappa shape index (κ3) is 3.98. The third-order valence-corrected chi connectivity index (χ3v) is 4.15. The van der Waals surface area contributed by atoms with Crippen molar-refractivity contribution in [2.24, 2.45) is 0 Å². The second-order valence-corrected chi connectivity index (χ2v) is 6.38. The van der Waals surface area contributed by atoms with E-state index in [0.29, 0.717) is 18.6 Å².